The van der Waals surface area contributed by atoms with E-state index in [1.54, 1.807) is 6.20 Å². The highest BCUT2D eigenvalue weighted by Gasteiger charge is 2.05. The van der Waals surface area contributed by atoms with E-state index >= 15 is 0 Å². The van der Waals surface area contributed by atoms with Gasteiger partial charge in [0.2, 0.25) is 0 Å². The summed E-state index contributed by atoms with van der Waals surface area (Å²) in [5, 5.41) is 8.80. The van der Waals surface area contributed by atoms with Crippen LogP contribution in [0.5, 0.6) is 0 Å². The van der Waals surface area contributed by atoms with Gasteiger partial charge in [0.05, 0.1) is 5.69 Å². The Kier molecular flexibility index (Phi) is 3.27. The third kappa shape index (κ3) is 2.19. The van der Waals surface area contributed by atoms with Gasteiger partial charge in [-0.25, -0.2) is 4.98 Å². The molecule has 0 unspecified atom stereocenters. The second kappa shape index (κ2) is 4.46. The van der Waals surface area contributed by atoms with Crippen LogP contribution in [0, 0.1) is 11.3 Å². The first kappa shape index (κ1) is 9.53. The molecule has 0 radical (unpaired) electrons. The van der Waals surface area contributed by atoms with E-state index in [2.05, 4.69) is 18.0 Å². The fourth-order valence-corrected chi connectivity index (χ4v) is 1.25. The van der Waals surface area contributed by atoms with E-state index in [-0.39, 0.29) is 0 Å². The van der Waals surface area contributed by atoms with Crippen LogP contribution in [-0.2, 0) is 0 Å². The van der Waals surface area contributed by atoms with E-state index in [0.29, 0.717) is 5.69 Å². The maximum absolute atomic E-state index is 8.80. The Morgan fingerprint density at radius 3 is 3.00 bits per heavy atom. The van der Waals surface area contributed by atoms with Crippen molar-refractivity contribution in [1.82, 2.24) is 4.98 Å². The highest BCUT2D eigenvalue weighted by Crippen LogP contribution is 2.15. The third-order valence-corrected chi connectivity index (χ3v) is 1.86. The summed E-state index contributed by atoms with van der Waals surface area (Å²) >= 11 is 0. The number of pyridine rings is 1. The Balaban J connectivity index is 2.93. The van der Waals surface area contributed by atoms with Gasteiger partial charge in [-0.2, -0.15) is 5.26 Å². The van der Waals surface area contributed by atoms with E-state index < -0.39 is 0 Å². The number of anilines is 1. The molecular weight excluding hydrogens is 162 g/mol. The Labute approximate surface area is 78.6 Å². The van der Waals surface area contributed by atoms with Gasteiger partial charge in [-0.1, -0.05) is 6.92 Å². The summed E-state index contributed by atoms with van der Waals surface area (Å²) in [6, 6.07) is 5.85. The van der Waals surface area contributed by atoms with Gasteiger partial charge in [-0.15, -0.1) is 0 Å². The summed E-state index contributed by atoms with van der Waals surface area (Å²) in [5.41, 5.74) is 1.41. The number of nitriles is 1. The van der Waals surface area contributed by atoms with E-state index in [1.807, 2.05) is 24.1 Å². The molecule has 3 heteroatoms. The zero-order valence-electron chi connectivity index (χ0n) is 7.99. The number of nitrogens with zero attached hydrogens (tertiary/aromatic N) is 3. The minimum Gasteiger partial charge on any atom is -0.372 e. The number of rotatable bonds is 3. The molecule has 0 saturated heterocycles. The molecule has 13 heavy (non-hydrogen) atoms. The lowest BCUT2D eigenvalue weighted by molar-refractivity contribution is 0.848. The maximum atomic E-state index is 8.80. The van der Waals surface area contributed by atoms with Gasteiger partial charge in [0.25, 0.3) is 0 Å². The Morgan fingerprint density at radius 1 is 1.62 bits per heavy atom. The number of hydrogen-bond acceptors (Lipinski definition) is 3. The molecular formula is C10H13N3. The molecule has 0 bridgehead atoms. The van der Waals surface area contributed by atoms with Gasteiger partial charge in [-0.05, 0) is 18.6 Å². The number of hydrogen-bond donors (Lipinski definition) is 0. The van der Waals surface area contributed by atoms with Crippen LogP contribution in [-0.4, -0.2) is 18.6 Å². The summed E-state index contributed by atoms with van der Waals surface area (Å²) in [6.45, 7) is 3.05. The summed E-state index contributed by atoms with van der Waals surface area (Å²) in [6.07, 6.45) is 2.71. The summed E-state index contributed by atoms with van der Waals surface area (Å²) in [5.74, 6) is 0. The largest absolute Gasteiger partial charge is 0.372 e. The van der Waals surface area contributed by atoms with Crippen LogP contribution in [0.1, 0.15) is 19.0 Å². The molecule has 0 amide bonds. The third-order valence-electron chi connectivity index (χ3n) is 1.86. The van der Waals surface area contributed by atoms with Crippen LogP contribution in [0.15, 0.2) is 18.3 Å². The molecule has 0 N–H and O–H groups in total. The average molecular weight is 175 g/mol. The Hall–Kier alpha value is -1.56. The van der Waals surface area contributed by atoms with Crippen LogP contribution in [0.4, 0.5) is 5.69 Å². The summed E-state index contributed by atoms with van der Waals surface area (Å²) in [4.78, 5) is 6.04. The molecule has 1 heterocycles. The highest BCUT2D eigenvalue weighted by atomic mass is 15.1. The predicted octanol–water partition coefficient (Wildman–Crippen LogP) is 1.80. The second-order valence-corrected chi connectivity index (χ2v) is 2.90. The molecule has 0 aliphatic heterocycles. The van der Waals surface area contributed by atoms with Crippen molar-refractivity contribution in [2.24, 2.45) is 0 Å². The van der Waals surface area contributed by atoms with Gasteiger partial charge < -0.3 is 4.90 Å². The minimum absolute atomic E-state index is 0.499. The van der Waals surface area contributed by atoms with Gasteiger partial charge >= 0.3 is 0 Å². The Morgan fingerprint density at radius 2 is 2.38 bits per heavy atom. The summed E-state index contributed by atoms with van der Waals surface area (Å²) in [7, 11) is 1.97. The molecule has 1 aromatic heterocycles. The standard InChI is InChI=1S/C10H13N3/c1-3-7-13(2)10-5-4-6-12-9(10)8-11/h4-6H,3,7H2,1-2H3. The lowest BCUT2D eigenvalue weighted by Gasteiger charge is -2.18. The first-order chi connectivity index (χ1) is 6.29. The van der Waals surface area contributed by atoms with Crippen molar-refractivity contribution in [3.05, 3.63) is 24.0 Å². The highest BCUT2D eigenvalue weighted by molar-refractivity contribution is 5.54. The van der Waals surface area contributed by atoms with E-state index in [0.717, 1.165) is 18.7 Å². The average Bonchev–Trinajstić information content (AvgIpc) is 2.18. The van der Waals surface area contributed by atoms with Crippen molar-refractivity contribution in [2.45, 2.75) is 13.3 Å². The first-order valence-corrected chi connectivity index (χ1v) is 4.35. The van der Waals surface area contributed by atoms with Gasteiger partial charge in [0.1, 0.15) is 6.07 Å². The van der Waals surface area contributed by atoms with Crippen LogP contribution < -0.4 is 4.90 Å². The number of aromatic nitrogens is 1. The van der Waals surface area contributed by atoms with Gasteiger partial charge in [-0.3, -0.25) is 0 Å². The zero-order chi connectivity index (χ0) is 9.68. The fourth-order valence-electron chi connectivity index (χ4n) is 1.25. The molecule has 1 rings (SSSR count). The van der Waals surface area contributed by atoms with E-state index in [9.17, 15) is 0 Å². The van der Waals surface area contributed by atoms with Crippen LogP contribution >= 0.6 is 0 Å². The van der Waals surface area contributed by atoms with Crippen molar-refractivity contribution in [3.63, 3.8) is 0 Å². The monoisotopic (exact) mass is 175 g/mol. The van der Waals surface area contributed by atoms with E-state index in [1.165, 1.54) is 0 Å². The van der Waals surface area contributed by atoms with Crippen molar-refractivity contribution in [2.75, 3.05) is 18.5 Å². The second-order valence-electron chi connectivity index (χ2n) is 2.90. The molecule has 68 valence electrons. The SMILES string of the molecule is CCCN(C)c1cccnc1C#N. The lowest BCUT2D eigenvalue weighted by atomic mass is 10.3. The van der Waals surface area contributed by atoms with Crippen LogP contribution in [0.3, 0.4) is 0 Å². The first-order valence-electron chi connectivity index (χ1n) is 4.35. The molecule has 0 aliphatic carbocycles. The molecule has 0 spiro atoms. The van der Waals surface area contributed by atoms with Crippen molar-refractivity contribution in [1.29, 1.82) is 5.26 Å². The predicted molar refractivity (Wildman–Crippen MR) is 52.5 cm³/mol. The lowest BCUT2D eigenvalue weighted by Crippen LogP contribution is -2.19. The molecule has 0 saturated carbocycles. The minimum atomic E-state index is 0.499. The van der Waals surface area contributed by atoms with Gasteiger partial charge in [0.15, 0.2) is 5.69 Å². The molecule has 0 fully saturated rings. The van der Waals surface area contributed by atoms with E-state index in [4.69, 9.17) is 5.26 Å². The molecule has 0 atom stereocenters. The molecule has 3 nitrogen and oxygen atoms in total. The topological polar surface area (TPSA) is 39.9 Å². The van der Waals surface area contributed by atoms with Crippen LogP contribution in [0.2, 0.25) is 0 Å². The molecule has 0 aliphatic rings. The van der Waals surface area contributed by atoms with Crippen LogP contribution in [0.25, 0.3) is 0 Å². The molecule has 0 aromatic carbocycles. The fraction of sp³-hybridized carbons (Fsp3) is 0.400. The zero-order valence-corrected chi connectivity index (χ0v) is 7.99. The van der Waals surface area contributed by atoms with Gasteiger partial charge in [0, 0.05) is 19.8 Å². The molecule has 1 aromatic rings. The Bertz CT molecular complexity index is 314. The maximum Gasteiger partial charge on any atom is 0.163 e. The van der Waals surface area contributed by atoms with Crippen molar-refractivity contribution < 1.29 is 0 Å². The smallest absolute Gasteiger partial charge is 0.163 e. The van der Waals surface area contributed by atoms with Crippen molar-refractivity contribution >= 4 is 5.69 Å². The normalized spacial score (nSPS) is 9.31. The quantitative estimate of drug-likeness (QED) is 0.703. The summed E-state index contributed by atoms with van der Waals surface area (Å²) < 4.78 is 0. The van der Waals surface area contributed by atoms with Crippen molar-refractivity contribution in [3.8, 4) is 6.07 Å².